The molecule has 1 atom stereocenters. The predicted octanol–water partition coefficient (Wildman–Crippen LogP) is 6.37. The summed E-state index contributed by atoms with van der Waals surface area (Å²) in [7, 11) is 12.3. The number of nitrogens with zero attached hydrogens (tertiary/aromatic N) is 27. The number of aliphatic imine (C=N–C) groups is 6. The zero-order valence-electron chi connectivity index (χ0n) is 50.2. The van der Waals surface area contributed by atoms with Crippen LogP contribution in [0.2, 0.25) is 0 Å². The van der Waals surface area contributed by atoms with E-state index in [0.717, 1.165) is 74.2 Å². The van der Waals surface area contributed by atoms with Gasteiger partial charge in [-0.25, -0.2) is 28.7 Å². The van der Waals surface area contributed by atoms with E-state index < -0.39 is 0 Å². The fourth-order valence-electron chi connectivity index (χ4n) is 6.73. The van der Waals surface area contributed by atoms with Crippen LogP contribution < -0.4 is 5.32 Å². The Balaban J connectivity index is 0.000000205. The minimum Gasteiger partial charge on any atom is -0.299 e. The molecule has 0 saturated carbocycles. The molecule has 428 valence electrons. The van der Waals surface area contributed by atoms with Gasteiger partial charge in [0, 0.05) is 59.6 Å². The molecule has 0 aliphatic carbocycles. The number of fused-ring (bicyclic) bond motifs is 3. The van der Waals surface area contributed by atoms with Crippen molar-refractivity contribution in [3.8, 4) is 0 Å². The van der Waals surface area contributed by atoms with Gasteiger partial charge in [0.05, 0.1) is 41.5 Å². The van der Waals surface area contributed by atoms with Crippen LogP contribution in [0.5, 0.6) is 0 Å². The summed E-state index contributed by atoms with van der Waals surface area (Å²) in [6.45, 7) is 25.3. The third-order valence-corrected chi connectivity index (χ3v) is 11.7. The molecule has 28 nitrogen and oxygen atoms in total. The lowest BCUT2D eigenvalue weighted by molar-refractivity contribution is 0.446. The molecule has 81 heavy (non-hydrogen) atoms. The van der Waals surface area contributed by atoms with Crippen LogP contribution in [0, 0.1) is 41.5 Å². The van der Waals surface area contributed by atoms with Crippen LogP contribution >= 0.6 is 0 Å². The maximum Gasteiger partial charge on any atom is 0.185 e. The summed E-state index contributed by atoms with van der Waals surface area (Å²) in [5.74, 6) is 5.62. The van der Waals surface area contributed by atoms with Crippen LogP contribution in [-0.4, -0.2) is 189 Å². The quantitative estimate of drug-likeness (QED) is 0.145. The van der Waals surface area contributed by atoms with E-state index in [1.54, 1.807) is 92.9 Å². The highest BCUT2D eigenvalue weighted by molar-refractivity contribution is 5.91. The Morgan fingerprint density at radius 2 is 1.12 bits per heavy atom. The molecule has 0 aliphatic heterocycles. The number of hydrogen-bond donors (Lipinski definition) is 1. The van der Waals surface area contributed by atoms with E-state index in [2.05, 4.69) is 139 Å². The molecule has 0 amide bonds. The zero-order valence-corrected chi connectivity index (χ0v) is 50.2. The smallest absolute Gasteiger partial charge is 0.185 e. The van der Waals surface area contributed by atoms with Crippen LogP contribution in [0.1, 0.15) is 88.5 Å². The van der Waals surface area contributed by atoms with Crippen molar-refractivity contribution in [1.82, 2.24) is 110 Å². The van der Waals surface area contributed by atoms with E-state index in [-0.39, 0.29) is 6.17 Å². The first-order valence-electron chi connectivity index (χ1n) is 25.5. The molecule has 8 heterocycles. The van der Waals surface area contributed by atoms with E-state index >= 15 is 0 Å². The Bertz CT molecular complexity index is 3560. The van der Waals surface area contributed by atoms with Gasteiger partial charge in [-0.2, -0.15) is 24.7 Å². The van der Waals surface area contributed by atoms with Gasteiger partial charge < -0.3 is 0 Å². The number of tetrazole rings is 1. The number of nitrogens with one attached hydrogen (secondary N) is 1. The van der Waals surface area contributed by atoms with Crippen molar-refractivity contribution in [2.45, 2.75) is 96.2 Å². The third-order valence-electron chi connectivity index (χ3n) is 11.7. The summed E-state index contributed by atoms with van der Waals surface area (Å²) in [6.07, 6.45) is 10.4. The molecular formula is C53H76N28. The number of rotatable bonds is 2. The Morgan fingerprint density at radius 1 is 0.543 bits per heavy atom. The van der Waals surface area contributed by atoms with Gasteiger partial charge in [-0.05, 0) is 150 Å². The van der Waals surface area contributed by atoms with Gasteiger partial charge in [-0.1, -0.05) is 33.3 Å². The summed E-state index contributed by atoms with van der Waals surface area (Å²) in [5, 5.41) is 51.7. The monoisotopic (exact) mass is 1100 g/mol. The first kappa shape index (κ1) is 63.9. The maximum absolute atomic E-state index is 4.36. The van der Waals surface area contributed by atoms with Crippen molar-refractivity contribution in [3.63, 3.8) is 0 Å². The van der Waals surface area contributed by atoms with Gasteiger partial charge in [0.25, 0.3) is 0 Å². The Hall–Kier alpha value is -9.60. The van der Waals surface area contributed by atoms with Crippen molar-refractivity contribution in [2.75, 3.05) is 49.3 Å². The van der Waals surface area contributed by atoms with Gasteiger partial charge in [0.1, 0.15) is 58.7 Å². The number of hydrogen-bond acceptors (Lipinski definition) is 21. The topological polar surface area (TPSA) is 301 Å². The van der Waals surface area contributed by atoms with Crippen LogP contribution in [0.25, 0.3) is 33.1 Å². The largest absolute Gasteiger partial charge is 0.299 e. The fourth-order valence-corrected chi connectivity index (χ4v) is 6.73. The van der Waals surface area contributed by atoms with Crippen LogP contribution in [0.15, 0.2) is 116 Å². The molecule has 1 N–H and O–H groups in total. The number of pyridine rings is 1. The first-order chi connectivity index (χ1) is 38.7. The average molecular weight is 1110 g/mol. The van der Waals surface area contributed by atoms with Gasteiger partial charge in [-0.15, -0.1) is 30.3 Å². The van der Waals surface area contributed by atoms with Crippen molar-refractivity contribution in [2.24, 2.45) is 30.0 Å². The highest BCUT2D eigenvalue weighted by Gasteiger charge is 2.09. The summed E-state index contributed by atoms with van der Waals surface area (Å²) in [6, 6.07) is 16.4. The van der Waals surface area contributed by atoms with E-state index in [4.69, 9.17) is 0 Å². The molecule has 1 unspecified atom stereocenters. The minimum absolute atomic E-state index is 0.232. The second kappa shape index (κ2) is 31.7. The molecular weight excluding hydrogens is 1030 g/mol. The highest BCUT2D eigenvalue weighted by Crippen LogP contribution is 2.18. The lowest BCUT2D eigenvalue weighted by Gasteiger charge is -2.11. The zero-order chi connectivity index (χ0) is 59.8. The Kier molecular flexibility index (Phi) is 25.0. The summed E-state index contributed by atoms with van der Waals surface area (Å²) < 4.78 is 10.4. The number of benzene rings is 2. The Morgan fingerprint density at radius 3 is 1.68 bits per heavy atom. The van der Waals surface area contributed by atoms with Crippen LogP contribution in [-0.2, 0) is 0 Å². The van der Waals surface area contributed by atoms with Crippen molar-refractivity contribution < 1.29 is 0 Å². The summed E-state index contributed by atoms with van der Waals surface area (Å²) >= 11 is 0. The van der Waals surface area contributed by atoms with Crippen LogP contribution in [0.4, 0.5) is 0 Å². The fraction of sp³-hybridized carbons (Fsp3) is 0.396. The van der Waals surface area contributed by atoms with Gasteiger partial charge in [0.2, 0.25) is 0 Å². The highest BCUT2D eigenvalue weighted by atomic mass is 15.6. The molecule has 0 aliphatic rings. The summed E-state index contributed by atoms with van der Waals surface area (Å²) in [5.41, 5.74) is 10.3. The molecule has 0 saturated heterocycles. The number of aromatic nitrogens is 21. The van der Waals surface area contributed by atoms with Crippen molar-refractivity contribution in [1.29, 1.82) is 0 Å². The number of aryl methyl sites for hydroxylation is 6. The van der Waals surface area contributed by atoms with Crippen molar-refractivity contribution >= 4 is 68.1 Å². The maximum atomic E-state index is 4.36. The Labute approximate surface area is 471 Å². The molecule has 0 fully saturated rings. The van der Waals surface area contributed by atoms with Gasteiger partial charge in [-0.3, -0.25) is 35.3 Å². The minimum atomic E-state index is 0.232. The summed E-state index contributed by atoms with van der Waals surface area (Å²) in [4.78, 5) is 33.3. The predicted molar refractivity (Wildman–Crippen MR) is 321 cm³/mol. The molecule has 2 aromatic carbocycles. The van der Waals surface area contributed by atoms with Gasteiger partial charge >= 0.3 is 0 Å². The van der Waals surface area contributed by atoms with E-state index in [1.165, 1.54) is 33.2 Å². The SMILES string of the molecule is CN=C(C)n1ccnn1.CN=C(C)n1cncn1.CN=C(C)n1nc(C)cc1C.CN=C(C)n1nnc(C)n1.CN=C(C)n1nnc2cc(C)ccc21.CN=C(C)n1nnc2cc(C)cnc21.CNC(C)n1ncc2cc(C)ccc21. The lowest BCUT2D eigenvalue weighted by Crippen LogP contribution is -2.20. The van der Waals surface area contributed by atoms with E-state index in [9.17, 15) is 0 Å². The first-order valence-corrected chi connectivity index (χ1v) is 25.5. The van der Waals surface area contributed by atoms with Crippen LogP contribution in [0.3, 0.4) is 0 Å². The lowest BCUT2D eigenvalue weighted by atomic mass is 10.2. The average Bonchev–Trinajstić information content (AvgIpc) is 4.45. The molecule has 8 aromatic heterocycles. The standard InChI is InChI=1S/C11H15N3.C10H12N4.C9H11N5.C8H13N3.C5H9N5.2C5H8N4/c1-8-4-5-11-10(6-8)7-13-14(11)9(2)12-3;1-7-4-5-10-9(6-7)12-13-14(10)8(2)11-3;1-6-4-8-9(11-5-6)14(13-12-8)7(2)10-3;1-6-5-7(2)11(10-6)8(3)9-4;1-4-7-9-10(8-4)5(2)6-3;1-5(6-2)9-4-7-3-8-9;1-5(6-2)9-4-3-7-8-9/h4-7,9,12H,1-3H3;4-6H,1-3H3;4-5H,1-3H3;5H,1-4H3;1-3H3;2*3-4H,1-2H3. The van der Waals surface area contributed by atoms with E-state index in [0.29, 0.717) is 5.82 Å². The normalized spacial score (nSPS) is 12.4. The molecule has 0 bridgehead atoms. The molecule has 0 radical (unpaired) electrons. The molecule has 28 heteroatoms. The third kappa shape index (κ3) is 18.5. The second-order valence-corrected chi connectivity index (χ2v) is 17.7. The molecule has 0 spiro atoms. The van der Waals surface area contributed by atoms with E-state index in [1.807, 2.05) is 122 Å². The van der Waals surface area contributed by atoms with Gasteiger partial charge in [0.15, 0.2) is 11.5 Å². The molecule has 10 aromatic rings. The second-order valence-electron chi connectivity index (χ2n) is 17.7. The molecule has 10 rings (SSSR count). The van der Waals surface area contributed by atoms with Crippen molar-refractivity contribution in [3.05, 3.63) is 120 Å².